The minimum atomic E-state index is -4.48. The van der Waals surface area contributed by atoms with Gasteiger partial charge in [-0.15, -0.1) is 0 Å². The maximum atomic E-state index is 13.2. The van der Waals surface area contributed by atoms with Crippen LogP contribution in [0.1, 0.15) is 22.6 Å². The lowest BCUT2D eigenvalue weighted by molar-refractivity contribution is -0.142. The van der Waals surface area contributed by atoms with Gasteiger partial charge >= 0.3 is 6.18 Å². The first kappa shape index (κ1) is 13.9. The van der Waals surface area contributed by atoms with Crippen LogP contribution < -0.4 is 5.32 Å². The van der Waals surface area contributed by atoms with Gasteiger partial charge in [-0.25, -0.2) is 15.0 Å². The summed E-state index contributed by atoms with van der Waals surface area (Å²) in [5.74, 6) is 0.0217. The Morgan fingerprint density at radius 1 is 1.14 bits per heavy atom. The summed E-state index contributed by atoms with van der Waals surface area (Å²) in [5, 5.41) is 3.03. The SMILES string of the molecule is Cc1cccc(-c2nc3c(c(C(F)(F)F)n2)CCNC3)n1. The minimum absolute atomic E-state index is 0.0217. The van der Waals surface area contributed by atoms with Gasteiger partial charge in [0.1, 0.15) is 5.69 Å². The van der Waals surface area contributed by atoms with E-state index in [0.29, 0.717) is 30.2 Å². The van der Waals surface area contributed by atoms with Crippen LogP contribution in [-0.4, -0.2) is 21.5 Å². The lowest BCUT2D eigenvalue weighted by Crippen LogP contribution is -2.29. The number of alkyl halides is 3. The van der Waals surface area contributed by atoms with E-state index in [9.17, 15) is 13.2 Å². The molecule has 0 bridgehead atoms. The van der Waals surface area contributed by atoms with Crippen molar-refractivity contribution in [3.63, 3.8) is 0 Å². The van der Waals surface area contributed by atoms with Crippen LogP contribution in [0, 0.1) is 6.92 Å². The summed E-state index contributed by atoms with van der Waals surface area (Å²) < 4.78 is 39.7. The molecule has 0 atom stereocenters. The Labute approximate surface area is 119 Å². The van der Waals surface area contributed by atoms with Crippen LogP contribution in [0.25, 0.3) is 11.5 Å². The highest BCUT2D eigenvalue weighted by molar-refractivity contribution is 5.51. The van der Waals surface area contributed by atoms with Gasteiger partial charge in [0.25, 0.3) is 0 Å². The number of pyridine rings is 1. The minimum Gasteiger partial charge on any atom is -0.311 e. The second-order valence-corrected chi connectivity index (χ2v) is 4.91. The molecule has 0 radical (unpaired) electrons. The van der Waals surface area contributed by atoms with E-state index in [-0.39, 0.29) is 17.8 Å². The molecule has 0 saturated carbocycles. The van der Waals surface area contributed by atoms with Gasteiger partial charge in [-0.3, -0.25) is 0 Å². The molecule has 0 spiro atoms. The summed E-state index contributed by atoms with van der Waals surface area (Å²) in [6.07, 6.45) is -4.20. The highest BCUT2D eigenvalue weighted by Crippen LogP contribution is 2.33. The molecule has 2 aromatic heterocycles. The van der Waals surface area contributed by atoms with E-state index in [1.807, 2.05) is 0 Å². The smallest absolute Gasteiger partial charge is 0.311 e. The first-order valence-electron chi connectivity index (χ1n) is 6.57. The number of halogens is 3. The fourth-order valence-electron chi connectivity index (χ4n) is 2.38. The average molecular weight is 294 g/mol. The number of aryl methyl sites for hydroxylation is 1. The number of rotatable bonds is 1. The fraction of sp³-hybridized carbons (Fsp3) is 0.357. The lowest BCUT2D eigenvalue weighted by atomic mass is 10.0. The number of fused-ring (bicyclic) bond motifs is 1. The molecule has 3 rings (SSSR count). The molecular weight excluding hydrogens is 281 g/mol. The Morgan fingerprint density at radius 2 is 1.95 bits per heavy atom. The maximum Gasteiger partial charge on any atom is 0.433 e. The van der Waals surface area contributed by atoms with Crippen molar-refractivity contribution >= 4 is 0 Å². The highest BCUT2D eigenvalue weighted by Gasteiger charge is 2.38. The zero-order valence-electron chi connectivity index (χ0n) is 11.3. The summed E-state index contributed by atoms with van der Waals surface area (Å²) in [6.45, 7) is 2.59. The Hall–Kier alpha value is -2.02. The number of aromatic nitrogens is 3. The van der Waals surface area contributed by atoms with E-state index < -0.39 is 11.9 Å². The molecule has 0 aliphatic carbocycles. The van der Waals surface area contributed by atoms with Gasteiger partial charge < -0.3 is 5.32 Å². The fourth-order valence-corrected chi connectivity index (χ4v) is 2.38. The number of nitrogens with zero attached hydrogens (tertiary/aromatic N) is 3. The maximum absolute atomic E-state index is 13.2. The van der Waals surface area contributed by atoms with Crippen molar-refractivity contribution in [1.29, 1.82) is 0 Å². The third-order valence-electron chi connectivity index (χ3n) is 3.32. The molecule has 4 nitrogen and oxygen atoms in total. The normalized spacial score (nSPS) is 14.9. The molecule has 0 saturated heterocycles. The number of hydrogen-bond acceptors (Lipinski definition) is 4. The molecule has 2 aromatic rings. The predicted octanol–water partition coefficient (Wildman–Crippen LogP) is 2.51. The zero-order valence-corrected chi connectivity index (χ0v) is 11.3. The van der Waals surface area contributed by atoms with Gasteiger partial charge in [0, 0.05) is 17.8 Å². The van der Waals surface area contributed by atoms with Gasteiger partial charge in [0.05, 0.1) is 5.69 Å². The topological polar surface area (TPSA) is 50.7 Å². The van der Waals surface area contributed by atoms with E-state index in [1.165, 1.54) is 0 Å². The van der Waals surface area contributed by atoms with Crippen LogP contribution in [0.5, 0.6) is 0 Å². The van der Waals surface area contributed by atoms with Crippen LogP contribution in [0.4, 0.5) is 13.2 Å². The van der Waals surface area contributed by atoms with Gasteiger partial charge in [-0.1, -0.05) is 6.07 Å². The number of hydrogen-bond donors (Lipinski definition) is 1. The summed E-state index contributed by atoms with van der Waals surface area (Å²) in [6, 6.07) is 5.12. The van der Waals surface area contributed by atoms with Crippen molar-refractivity contribution in [2.24, 2.45) is 0 Å². The van der Waals surface area contributed by atoms with E-state index in [4.69, 9.17) is 0 Å². The Morgan fingerprint density at radius 3 is 2.67 bits per heavy atom. The van der Waals surface area contributed by atoms with Crippen LogP contribution in [0.15, 0.2) is 18.2 Å². The molecule has 21 heavy (non-hydrogen) atoms. The molecule has 1 aliphatic rings. The molecule has 110 valence electrons. The molecule has 3 heterocycles. The standard InChI is InChI=1S/C14H13F3N4/c1-8-3-2-4-10(19-8)13-20-11-7-18-6-5-9(11)12(21-13)14(15,16)17/h2-4,18H,5-7H2,1H3. The highest BCUT2D eigenvalue weighted by atomic mass is 19.4. The summed E-state index contributed by atoms with van der Waals surface area (Å²) in [7, 11) is 0. The molecule has 1 N–H and O–H groups in total. The predicted molar refractivity (Wildman–Crippen MR) is 70.4 cm³/mol. The van der Waals surface area contributed by atoms with Crippen LogP contribution in [0.2, 0.25) is 0 Å². The Kier molecular flexibility index (Phi) is 3.36. The molecule has 0 fully saturated rings. The Bertz CT molecular complexity index is 682. The first-order chi connectivity index (χ1) is 9.95. The quantitative estimate of drug-likeness (QED) is 0.878. The van der Waals surface area contributed by atoms with Crippen molar-refractivity contribution < 1.29 is 13.2 Å². The first-order valence-corrected chi connectivity index (χ1v) is 6.57. The monoisotopic (exact) mass is 294 g/mol. The van der Waals surface area contributed by atoms with Crippen molar-refractivity contribution in [3.8, 4) is 11.5 Å². The van der Waals surface area contributed by atoms with E-state index in [0.717, 1.165) is 0 Å². The van der Waals surface area contributed by atoms with Crippen molar-refractivity contribution in [2.75, 3.05) is 6.54 Å². The van der Waals surface area contributed by atoms with Crippen molar-refractivity contribution in [2.45, 2.75) is 26.1 Å². The zero-order chi connectivity index (χ0) is 15.0. The van der Waals surface area contributed by atoms with Gasteiger partial charge in [-0.2, -0.15) is 13.2 Å². The van der Waals surface area contributed by atoms with Gasteiger partial charge in [-0.05, 0) is 32.0 Å². The lowest BCUT2D eigenvalue weighted by Gasteiger charge is -2.21. The second kappa shape index (κ2) is 5.07. The van der Waals surface area contributed by atoms with Crippen LogP contribution >= 0.6 is 0 Å². The van der Waals surface area contributed by atoms with Crippen molar-refractivity contribution in [3.05, 3.63) is 40.8 Å². The summed E-state index contributed by atoms with van der Waals surface area (Å²) in [4.78, 5) is 12.2. The largest absolute Gasteiger partial charge is 0.433 e. The average Bonchev–Trinajstić information content (AvgIpc) is 2.45. The molecule has 0 amide bonds. The van der Waals surface area contributed by atoms with Gasteiger partial charge in [0.15, 0.2) is 11.5 Å². The molecule has 1 aliphatic heterocycles. The van der Waals surface area contributed by atoms with E-state index >= 15 is 0 Å². The summed E-state index contributed by atoms with van der Waals surface area (Å²) in [5.41, 5.74) is 0.821. The van der Waals surface area contributed by atoms with Gasteiger partial charge in [0.2, 0.25) is 0 Å². The third-order valence-corrected chi connectivity index (χ3v) is 3.32. The van der Waals surface area contributed by atoms with E-state index in [1.54, 1.807) is 25.1 Å². The molecule has 7 heteroatoms. The summed E-state index contributed by atoms with van der Waals surface area (Å²) >= 11 is 0. The Balaban J connectivity index is 2.19. The van der Waals surface area contributed by atoms with Crippen LogP contribution in [-0.2, 0) is 19.1 Å². The van der Waals surface area contributed by atoms with Crippen LogP contribution in [0.3, 0.4) is 0 Å². The van der Waals surface area contributed by atoms with E-state index in [2.05, 4.69) is 20.3 Å². The molecule has 0 unspecified atom stereocenters. The molecule has 0 aromatic carbocycles. The number of nitrogens with one attached hydrogen (secondary N) is 1. The third kappa shape index (κ3) is 2.73. The second-order valence-electron chi connectivity index (χ2n) is 4.91. The molecular formula is C14H13F3N4. The van der Waals surface area contributed by atoms with Crippen molar-refractivity contribution in [1.82, 2.24) is 20.3 Å².